The van der Waals surface area contributed by atoms with Crippen molar-refractivity contribution < 1.29 is 0 Å². The Morgan fingerprint density at radius 2 is 1.81 bits per heavy atom. The summed E-state index contributed by atoms with van der Waals surface area (Å²) in [4.78, 5) is 4.94. The van der Waals surface area contributed by atoms with E-state index in [0.29, 0.717) is 0 Å². The molecular weight excluding hydrogens is 198 g/mol. The van der Waals surface area contributed by atoms with E-state index in [0.717, 1.165) is 6.54 Å². The Kier molecular flexibility index (Phi) is 4.38. The lowest BCUT2D eigenvalue weighted by molar-refractivity contribution is -0.0149. The molecule has 0 aromatic rings. The maximum Gasteiger partial charge on any atom is 0.0358 e. The fourth-order valence-electron chi connectivity index (χ4n) is 2.59. The SMILES string of the molecule is CCC(C)(C)N(C)C1(CN)CCN(C)CC1. The van der Waals surface area contributed by atoms with Gasteiger partial charge in [0.15, 0.2) is 0 Å². The molecule has 0 bridgehead atoms. The smallest absolute Gasteiger partial charge is 0.0358 e. The third-order valence-electron chi connectivity index (χ3n) is 4.78. The van der Waals surface area contributed by atoms with Crippen molar-refractivity contribution >= 4 is 0 Å². The summed E-state index contributed by atoms with van der Waals surface area (Å²) in [5.41, 5.74) is 6.54. The zero-order chi connectivity index (χ0) is 12.4. The Morgan fingerprint density at radius 1 is 1.31 bits per heavy atom. The zero-order valence-corrected chi connectivity index (χ0v) is 11.7. The number of nitrogens with zero attached hydrogens (tertiary/aromatic N) is 2. The van der Waals surface area contributed by atoms with Crippen molar-refractivity contribution in [1.29, 1.82) is 0 Å². The number of likely N-dealkylation sites (tertiary alicyclic amines) is 1. The van der Waals surface area contributed by atoms with Gasteiger partial charge in [0.2, 0.25) is 0 Å². The van der Waals surface area contributed by atoms with Crippen molar-refractivity contribution in [3.05, 3.63) is 0 Å². The van der Waals surface area contributed by atoms with Crippen LogP contribution < -0.4 is 5.73 Å². The standard InChI is InChI=1S/C13H29N3/c1-6-12(2,3)16(5)13(11-14)7-9-15(4)10-8-13/h6-11,14H2,1-5H3. The molecule has 1 aliphatic heterocycles. The molecule has 16 heavy (non-hydrogen) atoms. The third-order valence-corrected chi connectivity index (χ3v) is 4.78. The summed E-state index contributed by atoms with van der Waals surface area (Å²) in [7, 11) is 4.45. The Balaban J connectivity index is 2.80. The van der Waals surface area contributed by atoms with Gasteiger partial charge in [-0.2, -0.15) is 0 Å². The summed E-state index contributed by atoms with van der Waals surface area (Å²) in [5, 5.41) is 0. The summed E-state index contributed by atoms with van der Waals surface area (Å²) >= 11 is 0. The highest BCUT2D eigenvalue weighted by atomic mass is 15.3. The van der Waals surface area contributed by atoms with E-state index in [-0.39, 0.29) is 11.1 Å². The van der Waals surface area contributed by atoms with Crippen LogP contribution in [0.2, 0.25) is 0 Å². The first-order valence-electron chi connectivity index (χ1n) is 6.50. The highest BCUT2D eigenvalue weighted by Crippen LogP contribution is 2.33. The zero-order valence-electron chi connectivity index (χ0n) is 11.7. The number of piperidine rings is 1. The van der Waals surface area contributed by atoms with Gasteiger partial charge in [0.1, 0.15) is 0 Å². The molecule has 0 aromatic carbocycles. The van der Waals surface area contributed by atoms with Crippen molar-refractivity contribution in [2.75, 3.05) is 33.7 Å². The van der Waals surface area contributed by atoms with Gasteiger partial charge in [-0.25, -0.2) is 0 Å². The molecule has 2 N–H and O–H groups in total. The van der Waals surface area contributed by atoms with Gasteiger partial charge in [0.25, 0.3) is 0 Å². The van der Waals surface area contributed by atoms with Crippen LogP contribution in [-0.4, -0.2) is 54.6 Å². The van der Waals surface area contributed by atoms with E-state index in [2.05, 4.69) is 44.7 Å². The van der Waals surface area contributed by atoms with Crippen molar-refractivity contribution in [2.45, 2.75) is 51.1 Å². The van der Waals surface area contributed by atoms with Crippen LogP contribution in [0.15, 0.2) is 0 Å². The lowest BCUT2D eigenvalue weighted by Crippen LogP contribution is -2.63. The highest BCUT2D eigenvalue weighted by molar-refractivity contribution is 4.99. The molecule has 96 valence electrons. The maximum atomic E-state index is 6.08. The van der Waals surface area contributed by atoms with Gasteiger partial charge in [-0.15, -0.1) is 0 Å². The van der Waals surface area contributed by atoms with Crippen molar-refractivity contribution in [1.82, 2.24) is 9.80 Å². The van der Waals surface area contributed by atoms with E-state index in [1.807, 2.05) is 0 Å². The Bertz CT molecular complexity index is 217. The van der Waals surface area contributed by atoms with E-state index in [9.17, 15) is 0 Å². The predicted molar refractivity (Wildman–Crippen MR) is 70.6 cm³/mol. The molecule has 3 heteroatoms. The normalized spacial score (nSPS) is 22.7. The van der Waals surface area contributed by atoms with Crippen LogP contribution in [0.4, 0.5) is 0 Å². The molecule has 0 unspecified atom stereocenters. The predicted octanol–water partition coefficient (Wildman–Crippen LogP) is 1.53. The first-order chi connectivity index (χ1) is 7.38. The molecule has 1 fully saturated rings. The number of hydrogen-bond donors (Lipinski definition) is 1. The van der Waals surface area contributed by atoms with Crippen molar-refractivity contribution in [2.24, 2.45) is 5.73 Å². The average molecular weight is 227 g/mol. The highest BCUT2D eigenvalue weighted by Gasteiger charge is 2.41. The molecule has 1 heterocycles. The van der Waals surface area contributed by atoms with Crippen LogP contribution in [0.5, 0.6) is 0 Å². The molecule has 0 aliphatic carbocycles. The van der Waals surface area contributed by atoms with E-state index < -0.39 is 0 Å². The van der Waals surface area contributed by atoms with Crippen LogP contribution in [0.3, 0.4) is 0 Å². The van der Waals surface area contributed by atoms with Crippen LogP contribution in [0, 0.1) is 0 Å². The molecule has 3 nitrogen and oxygen atoms in total. The van der Waals surface area contributed by atoms with Crippen LogP contribution >= 0.6 is 0 Å². The Hall–Kier alpha value is -0.120. The van der Waals surface area contributed by atoms with E-state index in [1.54, 1.807) is 0 Å². The lowest BCUT2D eigenvalue weighted by atomic mass is 9.82. The Labute approximate surface area is 101 Å². The van der Waals surface area contributed by atoms with Gasteiger partial charge < -0.3 is 10.6 Å². The van der Waals surface area contributed by atoms with E-state index in [1.165, 1.54) is 32.4 Å². The number of rotatable bonds is 4. The third kappa shape index (κ3) is 2.58. The second-order valence-electron chi connectivity index (χ2n) is 5.96. The van der Waals surface area contributed by atoms with Crippen LogP contribution in [-0.2, 0) is 0 Å². The summed E-state index contributed by atoms with van der Waals surface area (Å²) < 4.78 is 0. The van der Waals surface area contributed by atoms with Gasteiger partial charge in [0, 0.05) is 17.6 Å². The molecular formula is C13H29N3. The monoisotopic (exact) mass is 227 g/mol. The van der Waals surface area contributed by atoms with Gasteiger partial charge in [0.05, 0.1) is 0 Å². The van der Waals surface area contributed by atoms with E-state index in [4.69, 9.17) is 5.73 Å². The number of nitrogens with two attached hydrogens (primary N) is 1. The minimum absolute atomic E-state index is 0.214. The van der Waals surface area contributed by atoms with Crippen LogP contribution in [0.25, 0.3) is 0 Å². The molecule has 1 rings (SSSR count). The minimum Gasteiger partial charge on any atom is -0.329 e. The largest absolute Gasteiger partial charge is 0.329 e. The number of hydrogen-bond acceptors (Lipinski definition) is 3. The topological polar surface area (TPSA) is 32.5 Å². The molecule has 1 aliphatic rings. The second kappa shape index (κ2) is 5.03. The fraction of sp³-hybridized carbons (Fsp3) is 1.00. The van der Waals surface area contributed by atoms with Gasteiger partial charge >= 0.3 is 0 Å². The fourth-order valence-corrected chi connectivity index (χ4v) is 2.59. The first-order valence-corrected chi connectivity index (χ1v) is 6.50. The van der Waals surface area contributed by atoms with Crippen molar-refractivity contribution in [3.8, 4) is 0 Å². The Morgan fingerprint density at radius 3 is 2.19 bits per heavy atom. The molecule has 0 atom stereocenters. The van der Waals surface area contributed by atoms with Crippen LogP contribution in [0.1, 0.15) is 40.0 Å². The first kappa shape index (κ1) is 13.9. The maximum absolute atomic E-state index is 6.08. The van der Waals surface area contributed by atoms with Gasteiger partial charge in [-0.1, -0.05) is 6.92 Å². The minimum atomic E-state index is 0.214. The molecule has 1 saturated heterocycles. The summed E-state index contributed by atoms with van der Waals surface area (Å²) in [6.07, 6.45) is 3.56. The lowest BCUT2D eigenvalue weighted by Gasteiger charge is -2.52. The summed E-state index contributed by atoms with van der Waals surface area (Å²) in [6.45, 7) is 10.0. The molecule has 0 radical (unpaired) electrons. The molecule has 0 saturated carbocycles. The molecule has 0 spiro atoms. The van der Waals surface area contributed by atoms with Gasteiger partial charge in [-0.05, 0) is 60.3 Å². The number of likely N-dealkylation sites (N-methyl/N-ethyl adjacent to an activating group) is 1. The van der Waals surface area contributed by atoms with E-state index >= 15 is 0 Å². The summed E-state index contributed by atoms with van der Waals surface area (Å²) in [5.74, 6) is 0. The molecule has 0 amide bonds. The van der Waals surface area contributed by atoms with Gasteiger partial charge in [-0.3, -0.25) is 4.90 Å². The average Bonchev–Trinajstić information content (AvgIpc) is 2.30. The quantitative estimate of drug-likeness (QED) is 0.790. The second-order valence-corrected chi connectivity index (χ2v) is 5.96. The molecule has 0 aromatic heterocycles. The van der Waals surface area contributed by atoms with Crippen molar-refractivity contribution in [3.63, 3.8) is 0 Å². The summed E-state index contributed by atoms with van der Waals surface area (Å²) in [6, 6.07) is 0.